The van der Waals surface area contributed by atoms with Gasteiger partial charge in [0.05, 0.1) is 0 Å². The van der Waals surface area contributed by atoms with Gasteiger partial charge in [-0.3, -0.25) is 0 Å². The van der Waals surface area contributed by atoms with E-state index < -0.39 is 0 Å². The maximum atomic E-state index is 2.53. The molecule has 0 heteroatoms. The van der Waals surface area contributed by atoms with Crippen molar-refractivity contribution in [3.63, 3.8) is 0 Å². The van der Waals surface area contributed by atoms with Crippen LogP contribution >= 0.6 is 0 Å². The van der Waals surface area contributed by atoms with E-state index >= 15 is 0 Å². The second-order valence-electron chi connectivity index (χ2n) is 8.01. The van der Waals surface area contributed by atoms with Crippen LogP contribution in [0.2, 0.25) is 0 Å². The highest BCUT2D eigenvalue weighted by molar-refractivity contribution is 4.84. The molecule has 2 aliphatic rings. The van der Waals surface area contributed by atoms with Gasteiger partial charge in [0, 0.05) is 0 Å². The second-order valence-corrected chi connectivity index (χ2v) is 8.01. The normalized spacial score (nSPS) is 36.1. The Balaban J connectivity index is 1.86. The summed E-state index contributed by atoms with van der Waals surface area (Å²) in [5, 5.41) is 0. The van der Waals surface area contributed by atoms with Gasteiger partial charge >= 0.3 is 0 Å². The van der Waals surface area contributed by atoms with E-state index in [4.69, 9.17) is 0 Å². The summed E-state index contributed by atoms with van der Waals surface area (Å²) in [6, 6.07) is 0. The van der Waals surface area contributed by atoms with Crippen LogP contribution in [0, 0.1) is 29.6 Å². The fraction of sp³-hybridized carbons (Fsp3) is 1.00. The van der Waals surface area contributed by atoms with Crippen molar-refractivity contribution in [3.05, 3.63) is 0 Å². The van der Waals surface area contributed by atoms with Crippen molar-refractivity contribution in [3.8, 4) is 0 Å². The number of fused-ring (bicyclic) bond motifs is 2. The summed E-state index contributed by atoms with van der Waals surface area (Å²) >= 11 is 0. The average Bonchev–Trinajstić information content (AvgIpc) is 2.84. The molecule has 20 heavy (non-hydrogen) atoms. The first-order chi connectivity index (χ1) is 9.74. The molecule has 0 nitrogen and oxygen atoms in total. The highest BCUT2D eigenvalue weighted by Crippen LogP contribution is 2.45. The smallest absolute Gasteiger partial charge is 0.0386 e. The Labute approximate surface area is 128 Å². The Bertz CT molecular complexity index is 257. The molecule has 0 aromatic heterocycles. The minimum absolute atomic E-state index is 1.03. The lowest BCUT2D eigenvalue weighted by Crippen LogP contribution is -2.17. The van der Waals surface area contributed by atoms with Crippen molar-refractivity contribution in [2.75, 3.05) is 0 Å². The predicted molar refractivity (Wildman–Crippen MR) is 89.9 cm³/mol. The first-order valence-electron chi connectivity index (χ1n) is 9.74. The summed E-state index contributed by atoms with van der Waals surface area (Å²) in [5.74, 6) is 5.29. The van der Waals surface area contributed by atoms with Crippen LogP contribution in [0.1, 0.15) is 97.8 Å². The van der Waals surface area contributed by atoms with Crippen molar-refractivity contribution in [2.24, 2.45) is 29.6 Å². The lowest BCUT2D eigenvalue weighted by Gasteiger charge is -2.28. The Kier molecular flexibility index (Phi) is 6.91. The number of hydrogen-bond donors (Lipinski definition) is 0. The molecule has 0 spiro atoms. The molecule has 2 bridgehead atoms. The van der Waals surface area contributed by atoms with Crippen LogP contribution in [0.5, 0.6) is 0 Å². The highest BCUT2D eigenvalue weighted by atomic mass is 14.4. The maximum absolute atomic E-state index is 2.53. The van der Waals surface area contributed by atoms with Gasteiger partial charge in [0.1, 0.15) is 0 Å². The van der Waals surface area contributed by atoms with Crippen LogP contribution in [-0.4, -0.2) is 0 Å². The van der Waals surface area contributed by atoms with Crippen LogP contribution in [0.15, 0.2) is 0 Å². The quantitative estimate of drug-likeness (QED) is 0.467. The van der Waals surface area contributed by atoms with E-state index in [-0.39, 0.29) is 0 Å². The minimum Gasteiger partial charge on any atom is -0.0654 e. The Morgan fingerprint density at radius 2 is 1.80 bits per heavy atom. The van der Waals surface area contributed by atoms with Gasteiger partial charge in [-0.05, 0) is 55.3 Å². The fourth-order valence-electron chi connectivity index (χ4n) is 5.26. The van der Waals surface area contributed by atoms with Gasteiger partial charge in [-0.25, -0.2) is 0 Å². The van der Waals surface area contributed by atoms with Gasteiger partial charge < -0.3 is 0 Å². The maximum Gasteiger partial charge on any atom is -0.0386 e. The van der Waals surface area contributed by atoms with Crippen molar-refractivity contribution in [2.45, 2.75) is 97.8 Å². The largest absolute Gasteiger partial charge is 0.0654 e. The summed E-state index contributed by atoms with van der Waals surface area (Å²) in [5.41, 5.74) is 0. The lowest BCUT2D eigenvalue weighted by atomic mass is 9.78. The molecule has 0 radical (unpaired) electrons. The Morgan fingerprint density at radius 1 is 0.950 bits per heavy atom. The SMILES string of the molecule is CCCCCC(CC)C1CCCC2CC(C)C(CC1)C2. The minimum atomic E-state index is 1.03. The zero-order valence-electron chi connectivity index (χ0n) is 14.4. The summed E-state index contributed by atoms with van der Waals surface area (Å²) in [7, 11) is 0. The van der Waals surface area contributed by atoms with Crippen LogP contribution < -0.4 is 0 Å². The topological polar surface area (TPSA) is 0 Å². The monoisotopic (exact) mass is 278 g/mol. The molecule has 2 fully saturated rings. The lowest BCUT2D eigenvalue weighted by molar-refractivity contribution is 0.232. The molecule has 2 saturated carbocycles. The van der Waals surface area contributed by atoms with E-state index in [9.17, 15) is 0 Å². The van der Waals surface area contributed by atoms with E-state index in [2.05, 4.69) is 20.8 Å². The molecule has 2 rings (SSSR count). The molecule has 0 aromatic rings. The van der Waals surface area contributed by atoms with Gasteiger partial charge in [-0.15, -0.1) is 0 Å². The summed E-state index contributed by atoms with van der Waals surface area (Å²) in [6.45, 7) is 7.30. The third kappa shape index (κ3) is 4.50. The molecule has 0 heterocycles. The molecule has 0 aromatic carbocycles. The van der Waals surface area contributed by atoms with Crippen LogP contribution in [0.3, 0.4) is 0 Å². The third-order valence-electron chi connectivity index (χ3n) is 6.61. The zero-order valence-corrected chi connectivity index (χ0v) is 14.4. The molecule has 2 aliphatic carbocycles. The number of hydrogen-bond acceptors (Lipinski definition) is 0. The van der Waals surface area contributed by atoms with Gasteiger partial charge in [-0.2, -0.15) is 0 Å². The first kappa shape index (κ1) is 16.4. The molecule has 0 aliphatic heterocycles. The molecule has 5 atom stereocenters. The molecular formula is C20H38. The summed E-state index contributed by atoms with van der Waals surface area (Å²) in [6.07, 6.45) is 18.1. The van der Waals surface area contributed by atoms with E-state index in [0.29, 0.717) is 0 Å². The molecule has 5 unspecified atom stereocenters. The van der Waals surface area contributed by atoms with Crippen LogP contribution in [0.25, 0.3) is 0 Å². The summed E-state index contributed by atoms with van der Waals surface area (Å²) < 4.78 is 0. The number of rotatable bonds is 6. The first-order valence-corrected chi connectivity index (χ1v) is 9.74. The van der Waals surface area contributed by atoms with Crippen LogP contribution in [0.4, 0.5) is 0 Å². The third-order valence-corrected chi connectivity index (χ3v) is 6.61. The van der Waals surface area contributed by atoms with Crippen molar-refractivity contribution in [1.82, 2.24) is 0 Å². The van der Waals surface area contributed by atoms with E-state index in [1.807, 2.05) is 0 Å². The number of unbranched alkanes of at least 4 members (excludes halogenated alkanes) is 2. The second kappa shape index (κ2) is 8.44. The van der Waals surface area contributed by atoms with Gasteiger partial charge in [-0.1, -0.05) is 72.1 Å². The Morgan fingerprint density at radius 3 is 2.55 bits per heavy atom. The van der Waals surface area contributed by atoms with Crippen molar-refractivity contribution in [1.29, 1.82) is 0 Å². The zero-order chi connectivity index (χ0) is 14.4. The molecular weight excluding hydrogens is 240 g/mol. The Hall–Kier alpha value is 0. The standard InChI is InChI=1S/C20H38/c1-4-6-7-10-18(5-2)19-11-8-9-17-14-16(3)20(15-17)13-12-19/h16-20H,4-15H2,1-3H3. The van der Waals surface area contributed by atoms with E-state index in [1.165, 1.54) is 38.5 Å². The van der Waals surface area contributed by atoms with Crippen LogP contribution in [-0.2, 0) is 0 Å². The van der Waals surface area contributed by atoms with Gasteiger partial charge in [0.15, 0.2) is 0 Å². The molecule has 0 N–H and O–H groups in total. The van der Waals surface area contributed by atoms with Gasteiger partial charge in [0.2, 0.25) is 0 Å². The van der Waals surface area contributed by atoms with E-state index in [0.717, 1.165) is 29.6 Å². The molecule has 0 saturated heterocycles. The molecule has 0 amide bonds. The van der Waals surface area contributed by atoms with Crippen molar-refractivity contribution < 1.29 is 0 Å². The van der Waals surface area contributed by atoms with E-state index in [1.54, 1.807) is 38.5 Å². The van der Waals surface area contributed by atoms with Gasteiger partial charge in [0.25, 0.3) is 0 Å². The summed E-state index contributed by atoms with van der Waals surface area (Å²) in [4.78, 5) is 0. The molecule has 118 valence electrons. The average molecular weight is 279 g/mol. The fourth-order valence-corrected chi connectivity index (χ4v) is 5.26. The predicted octanol–water partition coefficient (Wildman–Crippen LogP) is 6.84. The van der Waals surface area contributed by atoms with Crippen molar-refractivity contribution >= 4 is 0 Å². The highest BCUT2D eigenvalue weighted by Gasteiger charge is 2.33.